The summed E-state index contributed by atoms with van der Waals surface area (Å²) in [6.07, 6.45) is 0. The summed E-state index contributed by atoms with van der Waals surface area (Å²) in [5, 5.41) is 6.46. The molecule has 0 atom stereocenters. The van der Waals surface area contributed by atoms with Gasteiger partial charge in [-0.05, 0) is 0 Å². The maximum absolute atomic E-state index is 2.46. The van der Waals surface area contributed by atoms with Crippen molar-refractivity contribution in [3.05, 3.63) is 36.4 Å². The average Bonchev–Trinajstić information content (AvgIpc) is 3.06. The molecule has 0 saturated heterocycles. The van der Waals surface area contributed by atoms with Crippen LogP contribution in [0.4, 0.5) is 0 Å². The third-order valence-corrected chi connectivity index (χ3v) is 13.1. The fourth-order valence-electron chi connectivity index (χ4n) is 2.75. The molecule has 27 heavy (non-hydrogen) atoms. The van der Waals surface area contributed by atoms with Gasteiger partial charge in [0.15, 0.2) is 0 Å². The Hall–Kier alpha value is 0.892. The Morgan fingerprint density at radius 1 is 0.519 bits per heavy atom. The zero-order valence-electron chi connectivity index (χ0n) is 20.0. The van der Waals surface area contributed by atoms with Gasteiger partial charge in [0.25, 0.3) is 0 Å². The molecule has 0 nitrogen and oxygen atoms in total. The van der Waals surface area contributed by atoms with Gasteiger partial charge < -0.3 is 0 Å². The van der Waals surface area contributed by atoms with Crippen molar-refractivity contribution in [2.75, 3.05) is 0 Å². The standard InChI is InChI=1S/2C11H21Si2.Th/c2*1-12(2,3)10-7-8-11(9-10)13(4,5)6;/h2*7-9H,1-6H3;/q2*-1;+2. The van der Waals surface area contributed by atoms with Gasteiger partial charge in [-0.2, -0.15) is 34.6 Å². The topological polar surface area (TPSA) is 0 Å². The van der Waals surface area contributed by atoms with E-state index < -0.39 is 32.3 Å². The summed E-state index contributed by atoms with van der Waals surface area (Å²) in [4.78, 5) is 0. The van der Waals surface area contributed by atoms with Gasteiger partial charge in [0.05, 0.1) is 0 Å². The quantitative estimate of drug-likeness (QED) is 0.323. The van der Waals surface area contributed by atoms with Crippen LogP contribution in [0.3, 0.4) is 0 Å². The SMILES string of the molecule is C[Si](C)(C)c1cc[c-]([Si](C)(C)C)c1.C[Si](C)(C)c1cc[c-]([Si](C)(C)C)c1.[Th+2]. The van der Waals surface area contributed by atoms with Crippen molar-refractivity contribution in [1.29, 1.82) is 0 Å². The summed E-state index contributed by atoms with van der Waals surface area (Å²) < 4.78 is 0. The Morgan fingerprint density at radius 3 is 0.889 bits per heavy atom. The maximum Gasteiger partial charge on any atom is 2.00 e. The Kier molecular flexibility index (Phi) is 10.1. The van der Waals surface area contributed by atoms with E-state index in [1.807, 2.05) is 0 Å². The van der Waals surface area contributed by atoms with Crippen LogP contribution in [0.25, 0.3) is 0 Å². The normalized spacial score (nSPS) is 12.9. The van der Waals surface area contributed by atoms with Crippen LogP contribution < -0.4 is 20.7 Å². The zero-order chi connectivity index (χ0) is 20.6. The molecule has 2 aromatic rings. The molecule has 0 heterocycles. The summed E-state index contributed by atoms with van der Waals surface area (Å²) in [5.41, 5.74) is 0. The average molecular weight is 651 g/mol. The first-order valence-corrected chi connectivity index (χ1v) is 24.0. The second-order valence-electron chi connectivity index (χ2n) is 11.8. The molecule has 0 spiro atoms. The first kappa shape index (κ1) is 27.9. The fourth-order valence-corrected chi connectivity index (χ4v) is 7.73. The third kappa shape index (κ3) is 9.06. The number of hydrogen-bond donors (Lipinski definition) is 0. The molecule has 0 unspecified atom stereocenters. The molecular weight excluding hydrogens is 609 g/mol. The predicted octanol–water partition coefficient (Wildman–Crippen LogP) is 4.99. The van der Waals surface area contributed by atoms with Gasteiger partial charge in [-0.3, -0.25) is 0 Å². The van der Waals surface area contributed by atoms with Crippen LogP contribution in [-0.2, 0) is 0 Å². The van der Waals surface area contributed by atoms with Crippen molar-refractivity contribution in [2.45, 2.75) is 78.6 Å². The van der Waals surface area contributed by atoms with Crippen LogP contribution in [0, 0.1) is 39.9 Å². The summed E-state index contributed by atoms with van der Waals surface area (Å²) >= 11 is 0. The molecule has 0 fully saturated rings. The minimum atomic E-state index is -1.07. The maximum atomic E-state index is 2.46. The van der Waals surface area contributed by atoms with Crippen molar-refractivity contribution >= 4 is 53.0 Å². The van der Waals surface area contributed by atoms with E-state index in [1.54, 1.807) is 20.7 Å². The summed E-state index contributed by atoms with van der Waals surface area (Å²) in [5.74, 6) is 0. The van der Waals surface area contributed by atoms with Crippen LogP contribution >= 0.6 is 0 Å². The van der Waals surface area contributed by atoms with Gasteiger partial charge in [0, 0.05) is 32.3 Å². The van der Waals surface area contributed by atoms with E-state index in [4.69, 9.17) is 0 Å². The van der Waals surface area contributed by atoms with E-state index in [0.717, 1.165) is 0 Å². The van der Waals surface area contributed by atoms with Gasteiger partial charge in [-0.15, -0.1) is 0 Å². The van der Waals surface area contributed by atoms with Crippen molar-refractivity contribution in [2.24, 2.45) is 0 Å². The Labute approximate surface area is 206 Å². The third-order valence-electron chi connectivity index (χ3n) is 4.97. The minimum Gasteiger partial charge on any atom is -0.212 e. The molecule has 0 amide bonds. The summed E-state index contributed by atoms with van der Waals surface area (Å²) in [6.45, 7) is 29.0. The van der Waals surface area contributed by atoms with E-state index >= 15 is 0 Å². The van der Waals surface area contributed by atoms with Gasteiger partial charge in [-0.1, -0.05) is 78.6 Å². The molecule has 0 aliphatic rings. The van der Waals surface area contributed by atoms with E-state index in [0.29, 0.717) is 0 Å². The zero-order valence-corrected chi connectivity index (χ0v) is 28.1. The Bertz CT molecular complexity index is 579. The van der Waals surface area contributed by atoms with Crippen LogP contribution in [-0.4, -0.2) is 32.3 Å². The van der Waals surface area contributed by atoms with Crippen LogP contribution in [0.1, 0.15) is 0 Å². The van der Waals surface area contributed by atoms with Gasteiger partial charge in [0.1, 0.15) is 0 Å². The van der Waals surface area contributed by atoms with Crippen molar-refractivity contribution < 1.29 is 39.9 Å². The fraction of sp³-hybridized carbons (Fsp3) is 0.545. The van der Waals surface area contributed by atoms with Gasteiger partial charge in [-0.25, -0.2) is 22.5 Å². The molecule has 2 rings (SSSR count). The molecular formula is C22H42Si4Th. The van der Waals surface area contributed by atoms with Crippen molar-refractivity contribution in [3.8, 4) is 0 Å². The van der Waals surface area contributed by atoms with E-state index in [1.165, 1.54) is 0 Å². The minimum absolute atomic E-state index is 0. The number of hydrogen-bond acceptors (Lipinski definition) is 0. The molecule has 2 aromatic carbocycles. The Balaban J connectivity index is 0.000000483. The predicted molar refractivity (Wildman–Crippen MR) is 136 cm³/mol. The summed E-state index contributed by atoms with van der Waals surface area (Å²) in [6, 6.07) is 14.3. The molecule has 0 aliphatic heterocycles. The molecule has 0 saturated carbocycles. The van der Waals surface area contributed by atoms with E-state index in [-0.39, 0.29) is 39.9 Å². The van der Waals surface area contributed by atoms with E-state index in [2.05, 4.69) is 115 Å². The summed E-state index contributed by atoms with van der Waals surface area (Å²) in [7, 11) is -4.28. The smallest absolute Gasteiger partial charge is 0.212 e. The first-order chi connectivity index (χ1) is 11.4. The molecule has 0 aliphatic carbocycles. The largest absolute Gasteiger partial charge is 2.00 e. The van der Waals surface area contributed by atoms with Crippen LogP contribution in [0.5, 0.6) is 0 Å². The van der Waals surface area contributed by atoms with E-state index in [9.17, 15) is 0 Å². The molecule has 0 bridgehead atoms. The van der Waals surface area contributed by atoms with Crippen molar-refractivity contribution in [1.82, 2.24) is 0 Å². The van der Waals surface area contributed by atoms with Crippen LogP contribution in [0.2, 0.25) is 78.6 Å². The van der Waals surface area contributed by atoms with Crippen molar-refractivity contribution in [3.63, 3.8) is 0 Å². The van der Waals surface area contributed by atoms with Gasteiger partial charge in [0.2, 0.25) is 0 Å². The number of rotatable bonds is 4. The first-order valence-electron chi connectivity index (χ1n) is 9.98. The molecule has 0 N–H and O–H groups in total. The second kappa shape index (κ2) is 9.80. The van der Waals surface area contributed by atoms with Gasteiger partial charge >= 0.3 is 39.9 Å². The molecule has 0 aromatic heterocycles. The molecule has 5 heteroatoms. The van der Waals surface area contributed by atoms with Crippen LogP contribution in [0.15, 0.2) is 36.4 Å². The molecule has 150 valence electrons. The monoisotopic (exact) mass is 650 g/mol. The molecule has 0 radical (unpaired) electrons. The Morgan fingerprint density at radius 2 is 0.778 bits per heavy atom. The second-order valence-corrected chi connectivity index (χ2v) is 32.1.